The molecule has 3 atom stereocenters. The third-order valence-electron chi connectivity index (χ3n) is 8.98. The SMILES string of the molecule is Cc1cccc(N2C(=NC(=O)NC3CCC(c4ccc(-c5ncn(-c6ccc(OC(F)(F)F)cc6)n5)cc4)C3)SCCC2C)c1C(C)C. The van der Waals surface area contributed by atoms with Crippen molar-refractivity contribution in [1.82, 2.24) is 20.1 Å². The van der Waals surface area contributed by atoms with Crippen LogP contribution in [-0.2, 0) is 0 Å². The number of hydrogen-bond acceptors (Lipinski definition) is 5. The molecule has 0 radical (unpaired) electrons. The predicted molar refractivity (Wildman–Crippen MR) is 184 cm³/mol. The van der Waals surface area contributed by atoms with Gasteiger partial charge in [0.15, 0.2) is 11.0 Å². The third kappa shape index (κ3) is 7.69. The summed E-state index contributed by atoms with van der Waals surface area (Å²) < 4.78 is 42.8. The minimum absolute atomic E-state index is 0.0430. The maximum absolute atomic E-state index is 13.3. The van der Waals surface area contributed by atoms with Crippen molar-refractivity contribution in [2.24, 2.45) is 4.99 Å². The number of hydrogen-bond donors (Lipinski definition) is 1. The van der Waals surface area contributed by atoms with Gasteiger partial charge >= 0.3 is 12.4 Å². The van der Waals surface area contributed by atoms with Crippen LogP contribution in [0, 0.1) is 6.92 Å². The van der Waals surface area contributed by atoms with Gasteiger partial charge in [0.05, 0.1) is 5.69 Å². The summed E-state index contributed by atoms with van der Waals surface area (Å²) in [6, 6.07) is 19.9. The van der Waals surface area contributed by atoms with E-state index in [2.05, 4.69) is 88.1 Å². The van der Waals surface area contributed by atoms with Gasteiger partial charge in [-0.1, -0.05) is 62.0 Å². The Morgan fingerprint density at radius 1 is 1.04 bits per heavy atom. The fourth-order valence-corrected chi connectivity index (χ4v) is 7.90. The van der Waals surface area contributed by atoms with Crippen LogP contribution in [0.3, 0.4) is 0 Å². The minimum Gasteiger partial charge on any atom is -0.406 e. The average Bonchev–Trinajstić information content (AvgIpc) is 3.71. The van der Waals surface area contributed by atoms with E-state index in [-0.39, 0.29) is 23.9 Å². The first-order valence-electron chi connectivity index (χ1n) is 16.2. The second-order valence-corrected chi connectivity index (χ2v) is 13.8. The van der Waals surface area contributed by atoms with E-state index in [1.54, 1.807) is 11.8 Å². The Morgan fingerprint density at radius 3 is 2.50 bits per heavy atom. The molecule has 12 heteroatoms. The number of carbonyl (C=O) groups excluding carboxylic acids is 1. The summed E-state index contributed by atoms with van der Waals surface area (Å²) in [5, 5.41) is 8.43. The number of thioether (sulfide) groups is 1. The van der Waals surface area contributed by atoms with Gasteiger partial charge in [0.1, 0.15) is 12.1 Å². The van der Waals surface area contributed by atoms with Crippen LogP contribution >= 0.6 is 11.8 Å². The van der Waals surface area contributed by atoms with E-state index >= 15 is 0 Å². The number of anilines is 1. The van der Waals surface area contributed by atoms with Crippen molar-refractivity contribution in [3.8, 4) is 22.8 Å². The fourth-order valence-electron chi connectivity index (χ4n) is 6.69. The summed E-state index contributed by atoms with van der Waals surface area (Å²) in [5.74, 6) is 1.79. The van der Waals surface area contributed by atoms with Crippen molar-refractivity contribution in [3.05, 3.63) is 89.7 Å². The molecule has 8 nitrogen and oxygen atoms in total. The van der Waals surface area contributed by atoms with Gasteiger partial charge in [-0.25, -0.2) is 14.5 Å². The molecule has 4 aromatic rings. The number of aliphatic imine (C=N–C) groups is 1. The summed E-state index contributed by atoms with van der Waals surface area (Å²) in [7, 11) is 0. The lowest BCUT2D eigenvalue weighted by molar-refractivity contribution is -0.274. The molecule has 6 rings (SSSR count). The Kier molecular flexibility index (Phi) is 9.82. The number of ether oxygens (including phenoxy) is 1. The molecule has 1 saturated heterocycles. The lowest BCUT2D eigenvalue weighted by atomic mass is 9.95. The smallest absolute Gasteiger partial charge is 0.406 e. The molecule has 252 valence electrons. The van der Waals surface area contributed by atoms with Gasteiger partial charge in [0, 0.05) is 29.1 Å². The highest BCUT2D eigenvalue weighted by Crippen LogP contribution is 2.38. The van der Waals surface area contributed by atoms with Crippen molar-refractivity contribution < 1.29 is 22.7 Å². The number of nitrogens with one attached hydrogen (secondary N) is 1. The van der Waals surface area contributed by atoms with Crippen molar-refractivity contribution >= 4 is 28.6 Å². The summed E-state index contributed by atoms with van der Waals surface area (Å²) in [6.07, 6.45) is 0.471. The number of rotatable bonds is 7. The second kappa shape index (κ2) is 14.0. The lowest BCUT2D eigenvalue weighted by Crippen LogP contribution is -2.43. The molecule has 2 heterocycles. The van der Waals surface area contributed by atoms with E-state index in [9.17, 15) is 18.0 Å². The van der Waals surface area contributed by atoms with Crippen LogP contribution < -0.4 is 15.0 Å². The summed E-state index contributed by atoms with van der Waals surface area (Å²) in [5.41, 5.74) is 6.25. The van der Waals surface area contributed by atoms with Gasteiger partial charge < -0.3 is 15.0 Å². The standard InChI is InChI=1S/C36H39F3N6O2S/c1-22(2)32-23(3)6-5-7-31(32)45-24(4)18-19-48-35(45)42-34(46)41-28-13-12-27(20-28)25-8-10-26(11-9-25)33-40-21-44(43-33)29-14-16-30(17-15-29)47-36(37,38)39/h5-11,14-17,21-22,24,27-28H,12-13,18-20H2,1-4H3,(H,41,46). The van der Waals surface area contributed by atoms with Gasteiger partial charge in [-0.2, -0.15) is 4.99 Å². The number of carbonyl (C=O) groups is 1. The first-order valence-corrected chi connectivity index (χ1v) is 17.2. The quantitative estimate of drug-likeness (QED) is 0.210. The maximum atomic E-state index is 13.3. The topological polar surface area (TPSA) is 84.6 Å². The zero-order chi connectivity index (χ0) is 34.0. The largest absolute Gasteiger partial charge is 0.573 e. The molecule has 1 aliphatic carbocycles. The number of benzene rings is 3. The van der Waals surface area contributed by atoms with Crippen LogP contribution in [0.1, 0.15) is 75.0 Å². The molecule has 1 aliphatic heterocycles. The van der Waals surface area contributed by atoms with E-state index in [0.717, 1.165) is 47.9 Å². The number of halogens is 3. The van der Waals surface area contributed by atoms with E-state index in [1.165, 1.54) is 52.0 Å². The Labute approximate surface area is 282 Å². The highest BCUT2D eigenvalue weighted by atomic mass is 32.2. The van der Waals surface area contributed by atoms with E-state index in [4.69, 9.17) is 0 Å². The van der Waals surface area contributed by atoms with Crippen molar-refractivity contribution in [1.29, 1.82) is 0 Å². The van der Waals surface area contributed by atoms with E-state index < -0.39 is 6.36 Å². The summed E-state index contributed by atoms with van der Waals surface area (Å²) >= 11 is 1.64. The van der Waals surface area contributed by atoms with Crippen molar-refractivity contribution in [3.63, 3.8) is 0 Å². The van der Waals surface area contributed by atoms with Gasteiger partial charge in [0.2, 0.25) is 0 Å². The van der Waals surface area contributed by atoms with Gasteiger partial charge in [-0.05, 0) is 98.4 Å². The molecule has 1 aromatic heterocycles. The number of urea groups is 1. The van der Waals surface area contributed by atoms with E-state index in [1.807, 2.05) is 12.1 Å². The van der Waals surface area contributed by atoms with Crippen LogP contribution in [0.25, 0.3) is 17.1 Å². The van der Waals surface area contributed by atoms with E-state index in [0.29, 0.717) is 23.3 Å². The third-order valence-corrected chi connectivity index (χ3v) is 9.96. The number of alkyl halides is 3. The molecular formula is C36H39F3N6O2S. The molecule has 1 N–H and O–H groups in total. The van der Waals surface area contributed by atoms with Gasteiger partial charge in [-0.15, -0.1) is 18.3 Å². The summed E-state index contributed by atoms with van der Waals surface area (Å²) in [6.45, 7) is 8.76. The molecular weight excluding hydrogens is 637 g/mol. The fraction of sp³-hybridized carbons (Fsp3) is 0.389. The number of nitrogens with zero attached hydrogens (tertiary/aromatic N) is 5. The Morgan fingerprint density at radius 2 is 1.79 bits per heavy atom. The number of amides is 2. The molecule has 2 amide bonds. The van der Waals surface area contributed by atoms with Gasteiger partial charge in [-0.3, -0.25) is 0 Å². The Hall–Kier alpha value is -4.32. The highest BCUT2D eigenvalue weighted by molar-refractivity contribution is 8.14. The molecule has 3 unspecified atom stereocenters. The van der Waals surface area contributed by atoms with Crippen LogP contribution in [-0.4, -0.2) is 50.2 Å². The Bertz CT molecular complexity index is 1770. The van der Waals surface area contributed by atoms with Crippen LogP contribution in [0.5, 0.6) is 5.75 Å². The number of amidine groups is 1. The highest BCUT2D eigenvalue weighted by Gasteiger charge is 2.32. The Balaban J connectivity index is 1.08. The number of aromatic nitrogens is 3. The molecule has 48 heavy (non-hydrogen) atoms. The minimum atomic E-state index is -4.74. The van der Waals surface area contributed by atoms with Crippen molar-refractivity contribution in [2.45, 2.75) is 83.7 Å². The lowest BCUT2D eigenvalue weighted by Gasteiger charge is -2.37. The summed E-state index contributed by atoms with van der Waals surface area (Å²) in [4.78, 5) is 24.5. The first kappa shape index (κ1) is 33.6. The van der Waals surface area contributed by atoms with Gasteiger partial charge in [0.25, 0.3) is 0 Å². The van der Waals surface area contributed by atoms with Crippen LogP contribution in [0.4, 0.5) is 23.7 Å². The molecule has 2 aliphatic rings. The second-order valence-electron chi connectivity index (χ2n) is 12.7. The molecule has 1 saturated carbocycles. The van der Waals surface area contributed by atoms with Crippen LogP contribution in [0.2, 0.25) is 0 Å². The number of aryl methyl sites for hydroxylation is 1. The van der Waals surface area contributed by atoms with Crippen LogP contribution in [0.15, 0.2) is 78.0 Å². The molecule has 0 bridgehead atoms. The zero-order valence-corrected chi connectivity index (χ0v) is 28.2. The zero-order valence-electron chi connectivity index (χ0n) is 27.4. The normalized spacial score (nSPS) is 20.8. The van der Waals surface area contributed by atoms with Crippen molar-refractivity contribution in [2.75, 3.05) is 10.7 Å². The molecule has 2 fully saturated rings. The first-order chi connectivity index (χ1) is 22.9. The predicted octanol–water partition coefficient (Wildman–Crippen LogP) is 9.00. The molecule has 3 aromatic carbocycles. The monoisotopic (exact) mass is 676 g/mol. The molecule has 0 spiro atoms. The maximum Gasteiger partial charge on any atom is 0.573 e. The average molecular weight is 677 g/mol.